The predicted octanol–water partition coefficient (Wildman–Crippen LogP) is 1.52. The maximum absolute atomic E-state index is 12.1. The molecule has 0 radical (unpaired) electrons. The molecule has 0 atom stereocenters. The minimum Gasteiger partial charge on any atom is -0.342 e. The third-order valence-electron chi connectivity index (χ3n) is 2.73. The van der Waals surface area contributed by atoms with Gasteiger partial charge >= 0.3 is 11.9 Å². The van der Waals surface area contributed by atoms with Crippen LogP contribution in [-0.4, -0.2) is 28.2 Å². The number of imidazole rings is 1. The Balaban J connectivity index is 2.18. The van der Waals surface area contributed by atoms with Crippen molar-refractivity contribution in [2.45, 2.75) is 12.7 Å². The van der Waals surface area contributed by atoms with Crippen LogP contribution in [0.1, 0.15) is 16.1 Å². The number of amides is 1. The molecule has 2 N–H and O–H groups in total. The monoisotopic (exact) mass is 299 g/mol. The van der Waals surface area contributed by atoms with Crippen LogP contribution in [0.15, 0.2) is 41.3 Å². The number of nitrogens with one attached hydrogen (secondary N) is 2. The van der Waals surface area contributed by atoms with Gasteiger partial charge in [-0.3, -0.25) is 9.36 Å². The summed E-state index contributed by atoms with van der Waals surface area (Å²) in [6.07, 6.45) is -3.41. The molecule has 0 aliphatic rings. The summed E-state index contributed by atoms with van der Waals surface area (Å²) in [5, 5.41) is 1.73. The molecule has 8 heteroatoms. The van der Waals surface area contributed by atoms with Crippen molar-refractivity contribution < 1.29 is 18.0 Å². The maximum atomic E-state index is 12.1. The van der Waals surface area contributed by atoms with Crippen molar-refractivity contribution in [1.82, 2.24) is 14.9 Å². The fourth-order valence-corrected chi connectivity index (χ4v) is 1.78. The van der Waals surface area contributed by atoms with Gasteiger partial charge in [-0.05, 0) is 5.56 Å². The largest absolute Gasteiger partial charge is 0.405 e. The van der Waals surface area contributed by atoms with Crippen LogP contribution in [0.2, 0.25) is 0 Å². The Kier molecular flexibility index (Phi) is 4.15. The molecule has 0 aliphatic carbocycles. The molecule has 1 heterocycles. The summed E-state index contributed by atoms with van der Waals surface area (Å²) in [6.45, 7) is -1.35. The number of hydrogen-bond donors (Lipinski definition) is 2. The Hall–Kier alpha value is -2.51. The quantitative estimate of drug-likeness (QED) is 0.899. The number of alkyl halides is 3. The number of halogens is 3. The lowest BCUT2D eigenvalue weighted by atomic mass is 10.2. The van der Waals surface area contributed by atoms with Gasteiger partial charge in [0.1, 0.15) is 12.2 Å². The number of nitrogens with zero attached hydrogens (tertiary/aromatic N) is 1. The number of benzene rings is 1. The molecule has 1 amide bonds. The summed E-state index contributed by atoms with van der Waals surface area (Å²) in [5.74, 6) is -0.957. The van der Waals surface area contributed by atoms with E-state index in [2.05, 4.69) is 4.98 Å². The van der Waals surface area contributed by atoms with Gasteiger partial charge in [0, 0.05) is 6.20 Å². The van der Waals surface area contributed by atoms with Crippen molar-refractivity contribution in [3.05, 3.63) is 58.3 Å². The molecule has 112 valence electrons. The van der Waals surface area contributed by atoms with Gasteiger partial charge in [-0.1, -0.05) is 30.3 Å². The molecule has 1 aromatic heterocycles. The molecule has 0 unspecified atom stereocenters. The van der Waals surface area contributed by atoms with E-state index < -0.39 is 24.3 Å². The van der Waals surface area contributed by atoms with Crippen LogP contribution in [0, 0.1) is 0 Å². The summed E-state index contributed by atoms with van der Waals surface area (Å²) in [4.78, 5) is 25.7. The third kappa shape index (κ3) is 3.98. The molecular formula is C13H12F3N3O2. The van der Waals surface area contributed by atoms with Crippen LogP contribution in [0.4, 0.5) is 13.2 Å². The first kappa shape index (κ1) is 14.9. The SMILES string of the molecule is O=C(NCC(F)(F)F)c1c[nH]c(=O)n1Cc1ccccc1. The molecule has 0 fully saturated rings. The van der Waals surface area contributed by atoms with Gasteiger partial charge in [0.15, 0.2) is 0 Å². The minimum absolute atomic E-state index is 0.0952. The Morgan fingerprint density at radius 3 is 2.52 bits per heavy atom. The molecule has 0 saturated carbocycles. The first-order valence-electron chi connectivity index (χ1n) is 6.04. The zero-order chi connectivity index (χ0) is 15.5. The Morgan fingerprint density at radius 1 is 1.24 bits per heavy atom. The van der Waals surface area contributed by atoms with Crippen LogP contribution in [0.5, 0.6) is 0 Å². The average molecular weight is 299 g/mol. The van der Waals surface area contributed by atoms with E-state index in [1.165, 1.54) is 0 Å². The lowest BCUT2D eigenvalue weighted by molar-refractivity contribution is -0.123. The number of carbonyl (C=O) groups is 1. The molecule has 0 aliphatic heterocycles. The number of aromatic nitrogens is 2. The summed E-state index contributed by atoms with van der Waals surface area (Å²) in [7, 11) is 0. The average Bonchev–Trinajstić information content (AvgIpc) is 2.78. The molecular weight excluding hydrogens is 287 g/mol. The van der Waals surface area contributed by atoms with Crippen molar-refractivity contribution in [2.75, 3.05) is 6.54 Å². The number of carbonyl (C=O) groups excluding carboxylic acids is 1. The van der Waals surface area contributed by atoms with Crippen molar-refractivity contribution in [2.24, 2.45) is 0 Å². The second kappa shape index (κ2) is 5.86. The van der Waals surface area contributed by atoms with Crippen LogP contribution in [0.3, 0.4) is 0 Å². The van der Waals surface area contributed by atoms with Crippen molar-refractivity contribution >= 4 is 5.91 Å². The van der Waals surface area contributed by atoms with Crippen LogP contribution < -0.4 is 11.0 Å². The van der Waals surface area contributed by atoms with E-state index >= 15 is 0 Å². The smallest absolute Gasteiger partial charge is 0.342 e. The van der Waals surface area contributed by atoms with E-state index in [1.54, 1.807) is 35.6 Å². The second-order valence-electron chi connectivity index (χ2n) is 4.35. The molecule has 1 aromatic carbocycles. The highest BCUT2D eigenvalue weighted by molar-refractivity contribution is 5.92. The summed E-state index contributed by atoms with van der Waals surface area (Å²) < 4.78 is 37.4. The van der Waals surface area contributed by atoms with Gasteiger partial charge in [-0.15, -0.1) is 0 Å². The fourth-order valence-electron chi connectivity index (χ4n) is 1.78. The van der Waals surface area contributed by atoms with Crippen LogP contribution >= 0.6 is 0 Å². The lowest BCUT2D eigenvalue weighted by Gasteiger charge is -2.10. The molecule has 2 rings (SSSR count). The highest BCUT2D eigenvalue weighted by Crippen LogP contribution is 2.12. The van der Waals surface area contributed by atoms with E-state index in [1.807, 2.05) is 0 Å². The summed E-state index contributed by atoms with van der Waals surface area (Å²) >= 11 is 0. The molecule has 5 nitrogen and oxygen atoms in total. The van der Waals surface area contributed by atoms with Gasteiger partial charge in [0.25, 0.3) is 5.91 Å². The Bertz CT molecular complexity index is 674. The molecule has 21 heavy (non-hydrogen) atoms. The van der Waals surface area contributed by atoms with Gasteiger partial charge in [0.05, 0.1) is 6.54 Å². The fraction of sp³-hybridized carbons (Fsp3) is 0.231. The molecule has 2 aromatic rings. The zero-order valence-corrected chi connectivity index (χ0v) is 10.8. The van der Waals surface area contributed by atoms with Gasteiger partial charge in [-0.2, -0.15) is 13.2 Å². The van der Waals surface area contributed by atoms with Crippen LogP contribution in [0.25, 0.3) is 0 Å². The lowest BCUT2D eigenvalue weighted by Crippen LogP contribution is -2.35. The second-order valence-corrected chi connectivity index (χ2v) is 4.35. The Labute approximate surface area is 117 Å². The van der Waals surface area contributed by atoms with Crippen LogP contribution in [-0.2, 0) is 6.54 Å². The van der Waals surface area contributed by atoms with E-state index in [9.17, 15) is 22.8 Å². The third-order valence-corrected chi connectivity index (χ3v) is 2.73. The minimum atomic E-state index is -4.50. The number of hydrogen-bond acceptors (Lipinski definition) is 2. The van der Waals surface area contributed by atoms with Crippen molar-refractivity contribution in [1.29, 1.82) is 0 Å². The Morgan fingerprint density at radius 2 is 1.90 bits per heavy atom. The molecule has 0 spiro atoms. The molecule has 0 saturated heterocycles. The predicted molar refractivity (Wildman–Crippen MR) is 69.0 cm³/mol. The first-order valence-corrected chi connectivity index (χ1v) is 6.04. The van der Waals surface area contributed by atoms with E-state index in [0.717, 1.165) is 16.3 Å². The van der Waals surface area contributed by atoms with E-state index in [4.69, 9.17) is 0 Å². The van der Waals surface area contributed by atoms with Gasteiger partial charge < -0.3 is 10.3 Å². The van der Waals surface area contributed by atoms with E-state index in [-0.39, 0.29) is 12.2 Å². The van der Waals surface area contributed by atoms with Gasteiger partial charge in [0.2, 0.25) is 0 Å². The van der Waals surface area contributed by atoms with E-state index in [0.29, 0.717) is 0 Å². The number of aromatic amines is 1. The zero-order valence-electron chi connectivity index (χ0n) is 10.8. The number of H-pyrrole nitrogens is 1. The highest BCUT2D eigenvalue weighted by atomic mass is 19.4. The summed E-state index contributed by atoms with van der Waals surface area (Å²) in [5.41, 5.74) is 0.0492. The highest BCUT2D eigenvalue weighted by Gasteiger charge is 2.28. The summed E-state index contributed by atoms with van der Waals surface area (Å²) in [6, 6.07) is 8.81. The first-order chi connectivity index (χ1) is 9.87. The standard InChI is InChI=1S/C13H12F3N3O2/c14-13(15,16)8-18-11(20)10-6-17-12(21)19(10)7-9-4-2-1-3-5-9/h1-6H,7-8H2,(H,17,21)(H,18,20). The topological polar surface area (TPSA) is 66.9 Å². The van der Waals surface area contributed by atoms with Crippen molar-refractivity contribution in [3.63, 3.8) is 0 Å². The molecule has 0 bridgehead atoms. The van der Waals surface area contributed by atoms with Crippen molar-refractivity contribution in [3.8, 4) is 0 Å². The normalized spacial score (nSPS) is 11.4. The number of rotatable bonds is 4. The maximum Gasteiger partial charge on any atom is 0.405 e. The van der Waals surface area contributed by atoms with Gasteiger partial charge in [-0.25, -0.2) is 4.79 Å².